The molecule has 8 aromatic carbocycles. The third-order valence-electron chi connectivity index (χ3n) is 9.07. The van der Waals surface area contributed by atoms with Crippen molar-refractivity contribution >= 4 is 49.6 Å². The molecule has 48 heavy (non-hydrogen) atoms. The Balaban J connectivity index is 1.30. The zero-order chi connectivity index (χ0) is 36.2. The molecular weight excluding hydrogens is 581 g/mol. The van der Waals surface area contributed by atoms with Crippen molar-refractivity contribution in [2.45, 2.75) is 0 Å². The van der Waals surface area contributed by atoms with Crippen molar-refractivity contribution in [1.82, 2.24) is 4.57 Å². The first kappa shape index (κ1) is 23.0. The van der Waals surface area contributed by atoms with Gasteiger partial charge in [-0.25, -0.2) is 0 Å². The quantitative estimate of drug-likeness (QED) is 0.180. The van der Waals surface area contributed by atoms with Crippen LogP contribution in [-0.2, 0) is 0 Å². The maximum absolute atomic E-state index is 8.89. The van der Waals surface area contributed by atoms with Crippen LogP contribution in [0.25, 0.3) is 60.5 Å². The lowest BCUT2D eigenvalue weighted by molar-refractivity contribution is 1.18. The molecule has 0 aliphatic heterocycles. The topological polar surface area (TPSA) is 8.17 Å². The molecule has 1 aromatic heterocycles. The highest BCUT2D eigenvalue weighted by molar-refractivity contribution is 6.17. The van der Waals surface area contributed by atoms with Crippen LogP contribution in [0.2, 0.25) is 0 Å². The minimum absolute atomic E-state index is 0.129. The predicted octanol–water partition coefficient (Wildman–Crippen LogP) is 12.7. The highest BCUT2D eigenvalue weighted by Gasteiger charge is 2.21. The fourth-order valence-corrected chi connectivity index (χ4v) is 6.91. The van der Waals surface area contributed by atoms with E-state index in [0.29, 0.717) is 0 Å². The van der Waals surface area contributed by atoms with Crippen LogP contribution in [0.15, 0.2) is 194 Å². The first-order chi connectivity index (χ1) is 25.9. The Hall–Kier alpha value is -6.38. The average molecular weight is 618 g/mol. The molecule has 226 valence electrons. The van der Waals surface area contributed by atoms with Gasteiger partial charge in [0.15, 0.2) is 0 Å². The number of aromatic nitrogens is 1. The minimum atomic E-state index is -0.412. The smallest absolute Gasteiger partial charge is 0.0645 e. The number of nitrogens with zero attached hydrogens (tertiary/aromatic N) is 2. The molecule has 9 aromatic rings. The van der Waals surface area contributed by atoms with Gasteiger partial charge in [0.2, 0.25) is 0 Å². The van der Waals surface area contributed by atoms with E-state index in [9.17, 15) is 0 Å². The van der Waals surface area contributed by atoms with E-state index in [-0.39, 0.29) is 29.9 Å². The molecule has 0 bridgehead atoms. The molecule has 0 aliphatic carbocycles. The molecule has 0 atom stereocenters. The summed E-state index contributed by atoms with van der Waals surface area (Å²) in [7, 11) is 0. The number of para-hydroxylation sites is 3. The summed E-state index contributed by atoms with van der Waals surface area (Å²) in [5, 5.41) is 4.15. The van der Waals surface area contributed by atoms with Gasteiger partial charge in [0, 0.05) is 33.4 Å². The van der Waals surface area contributed by atoms with Gasteiger partial charge in [-0.2, -0.15) is 0 Å². The van der Waals surface area contributed by atoms with Crippen LogP contribution in [-0.4, -0.2) is 4.57 Å². The van der Waals surface area contributed by atoms with E-state index in [4.69, 9.17) is 6.85 Å². The highest BCUT2D eigenvalue weighted by atomic mass is 15.1. The van der Waals surface area contributed by atoms with Gasteiger partial charge in [0.25, 0.3) is 0 Å². The Kier molecular flexibility index (Phi) is 5.64. The molecule has 0 unspecified atom stereocenters. The van der Waals surface area contributed by atoms with E-state index in [1.54, 1.807) is 0 Å². The Morgan fingerprint density at radius 3 is 1.96 bits per heavy atom. The summed E-state index contributed by atoms with van der Waals surface area (Å²) in [4.78, 5) is 2.30. The fraction of sp³-hybridized carbons (Fsp3) is 0. The third kappa shape index (κ3) is 4.74. The molecule has 0 N–H and O–H groups in total. The number of fused-ring (bicyclic) bond motifs is 4. The van der Waals surface area contributed by atoms with Gasteiger partial charge in [-0.05, 0) is 82.0 Å². The molecule has 0 spiro atoms. The Bertz CT molecular complexity index is 2820. The lowest BCUT2D eigenvalue weighted by Gasteiger charge is -2.28. The van der Waals surface area contributed by atoms with Crippen molar-refractivity contribution in [1.29, 1.82) is 0 Å². The molecule has 2 nitrogen and oxygen atoms in total. The van der Waals surface area contributed by atoms with Gasteiger partial charge < -0.3 is 9.47 Å². The first-order valence-corrected chi connectivity index (χ1v) is 16.0. The molecule has 0 saturated heterocycles. The highest BCUT2D eigenvalue weighted by Crippen LogP contribution is 2.45. The van der Waals surface area contributed by atoms with Crippen molar-refractivity contribution in [3.8, 4) is 27.9 Å². The molecular formula is C46H32N2. The van der Waals surface area contributed by atoms with Crippen LogP contribution in [0.4, 0.5) is 17.1 Å². The zero-order valence-corrected chi connectivity index (χ0v) is 26.0. The molecule has 0 radical (unpaired) electrons. The Labute approximate surface area is 287 Å². The van der Waals surface area contributed by atoms with Crippen molar-refractivity contribution in [2.24, 2.45) is 0 Å². The molecule has 1 heterocycles. The summed E-state index contributed by atoms with van der Waals surface area (Å²) in [5.74, 6) is 0. The zero-order valence-electron chi connectivity index (χ0n) is 31.0. The summed E-state index contributed by atoms with van der Waals surface area (Å²) >= 11 is 0. The van der Waals surface area contributed by atoms with Crippen LogP contribution in [0.3, 0.4) is 0 Å². The first-order valence-electron chi connectivity index (χ1n) is 18.5. The molecule has 0 saturated carbocycles. The lowest BCUT2D eigenvalue weighted by atomic mass is 9.96. The molecule has 9 rings (SSSR count). The second-order valence-electron chi connectivity index (χ2n) is 11.8. The van der Waals surface area contributed by atoms with E-state index in [1.807, 2.05) is 53.1 Å². The van der Waals surface area contributed by atoms with Crippen LogP contribution in [0, 0.1) is 0 Å². The number of hydrogen-bond acceptors (Lipinski definition) is 1. The monoisotopic (exact) mass is 617 g/mol. The second-order valence-corrected chi connectivity index (χ2v) is 11.8. The van der Waals surface area contributed by atoms with Crippen LogP contribution in [0.5, 0.6) is 0 Å². The van der Waals surface area contributed by atoms with E-state index in [0.717, 1.165) is 71.9 Å². The summed E-state index contributed by atoms with van der Waals surface area (Å²) < 4.78 is 44.7. The van der Waals surface area contributed by atoms with Crippen molar-refractivity contribution in [3.05, 3.63) is 194 Å². The summed E-state index contributed by atoms with van der Waals surface area (Å²) in [6, 6.07) is 54.6. The maximum atomic E-state index is 8.89. The van der Waals surface area contributed by atoms with Crippen molar-refractivity contribution < 1.29 is 6.85 Å². The number of rotatable bonds is 6. The largest absolute Gasteiger partial charge is 0.310 e. The number of hydrogen-bond donors (Lipinski definition) is 0. The number of anilines is 3. The van der Waals surface area contributed by atoms with Gasteiger partial charge in [0.05, 0.1) is 23.6 Å². The van der Waals surface area contributed by atoms with Crippen LogP contribution in [0.1, 0.15) is 6.85 Å². The third-order valence-corrected chi connectivity index (χ3v) is 9.07. The minimum Gasteiger partial charge on any atom is -0.310 e. The normalized spacial score (nSPS) is 12.8. The summed E-state index contributed by atoms with van der Waals surface area (Å²) in [6.45, 7) is 0. The van der Waals surface area contributed by atoms with Gasteiger partial charge in [-0.15, -0.1) is 0 Å². The van der Waals surface area contributed by atoms with Crippen molar-refractivity contribution in [3.63, 3.8) is 0 Å². The summed E-state index contributed by atoms with van der Waals surface area (Å²) in [5.41, 5.74) is 8.86. The second kappa shape index (κ2) is 11.8. The average Bonchev–Trinajstić information content (AvgIpc) is 3.54. The predicted molar refractivity (Wildman–Crippen MR) is 204 cm³/mol. The van der Waals surface area contributed by atoms with Crippen LogP contribution < -0.4 is 4.90 Å². The fourth-order valence-electron chi connectivity index (χ4n) is 6.91. The van der Waals surface area contributed by atoms with Gasteiger partial charge in [0.1, 0.15) is 0 Å². The van der Waals surface area contributed by atoms with Gasteiger partial charge in [-0.1, -0.05) is 139 Å². The Morgan fingerprint density at radius 1 is 0.458 bits per heavy atom. The molecule has 0 aliphatic rings. The molecule has 0 amide bonds. The maximum Gasteiger partial charge on any atom is 0.0645 e. The van der Waals surface area contributed by atoms with Gasteiger partial charge >= 0.3 is 0 Å². The standard InChI is InChI=1S/C46H32N2/c1-3-14-33(15-4-1)35-26-29-38(30-27-35)47(39-31-28-34-16-7-8-17-36(34)32-39)43-23-11-9-20-40(43)41-22-13-25-45-46(41)42-21-10-12-24-44(42)48(45)37-18-5-2-6-19-37/h1-32H/i2D,5D,6D,18D,19D. The van der Waals surface area contributed by atoms with E-state index in [2.05, 4.69) is 120 Å². The number of benzene rings is 8. The van der Waals surface area contributed by atoms with E-state index >= 15 is 0 Å². The lowest BCUT2D eigenvalue weighted by Crippen LogP contribution is -2.11. The van der Waals surface area contributed by atoms with E-state index in [1.165, 1.54) is 0 Å². The molecule has 0 fully saturated rings. The van der Waals surface area contributed by atoms with Crippen LogP contribution >= 0.6 is 0 Å². The van der Waals surface area contributed by atoms with Gasteiger partial charge in [-0.3, -0.25) is 0 Å². The SMILES string of the molecule is [2H]c1c([2H])c([2H])c(-n2c3ccccc3c3c(-c4ccccc4N(c4ccc(-c5ccccc5)cc4)c4ccc5ccccc5c4)cccc32)c([2H])c1[2H]. The molecule has 2 heteroatoms. The Morgan fingerprint density at radius 2 is 1.10 bits per heavy atom. The van der Waals surface area contributed by atoms with E-state index < -0.39 is 6.04 Å². The summed E-state index contributed by atoms with van der Waals surface area (Å²) in [6.07, 6.45) is 0. The van der Waals surface area contributed by atoms with Crippen molar-refractivity contribution in [2.75, 3.05) is 4.90 Å².